The molecule has 12 heavy (non-hydrogen) atoms. The Bertz CT molecular complexity index is 238. The molecule has 0 aliphatic heterocycles. The molecule has 0 amide bonds. The first kappa shape index (κ1) is 10.1. The Labute approximate surface area is 85.1 Å². The number of aromatic nitrogens is 2. The Kier molecular flexibility index (Phi) is 4.11. The minimum Gasteiger partial charge on any atom is -0.353 e. The maximum absolute atomic E-state index is 5.55. The molecule has 6 heteroatoms. The Hall–Kier alpha value is -0.0000000000000000278. The Balaban J connectivity index is 2.52. The van der Waals surface area contributed by atoms with Gasteiger partial charge in [-0.25, -0.2) is 0 Å². The van der Waals surface area contributed by atoms with E-state index in [1.54, 1.807) is 23.1 Å². The van der Waals surface area contributed by atoms with Crippen LogP contribution in [0.4, 0.5) is 5.13 Å². The average molecular weight is 224 g/mol. The molecule has 1 aromatic rings. The lowest BCUT2D eigenvalue weighted by molar-refractivity contribution is 0.973. The molecular formula is C6H10ClN3S2. The van der Waals surface area contributed by atoms with Crippen LogP contribution in [-0.4, -0.2) is 35.9 Å². The Morgan fingerprint density at radius 1 is 1.50 bits per heavy atom. The van der Waals surface area contributed by atoms with Crippen molar-refractivity contribution in [1.82, 2.24) is 10.2 Å². The number of alkyl halides is 1. The predicted octanol–water partition coefficient (Wildman–Crippen LogP) is 1.93. The van der Waals surface area contributed by atoms with Gasteiger partial charge in [-0.1, -0.05) is 23.1 Å². The van der Waals surface area contributed by atoms with Crippen molar-refractivity contribution in [2.24, 2.45) is 0 Å². The first-order chi connectivity index (χ1) is 5.74. The lowest BCUT2D eigenvalue weighted by atomic mass is 10.9. The third kappa shape index (κ3) is 2.80. The molecule has 68 valence electrons. The summed E-state index contributed by atoms with van der Waals surface area (Å²) in [6.45, 7) is 0. The summed E-state index contributed by atoms with van der Waals surface area (Å²) >= 11 is 8.78. The molecule has 0 saturated carbocycles. The smallest absolute Gasteiger partial charge is 0.208 e. The van der Waals surface area contributed by atoms with Crippen molar-refractivity contribution >= 4 is 39.8 Å². The number of halogens is 1. The van der Waals surface area contributed by atoms with Gasteiger partial charge in [0.2, 0.25) is 5.13 Å². The largest absolute Gasteiger partial charge is 0.353 e. The zero-order valence-electron chi connectivity index (χ0n) is 6.95. The van der Waals surface area contributed by atoms with Crippen molar-refractivity contribution in [1.29, 1.82) is 0 Å². The summed E-state index contributed by atoms with van der Waals surface area (Å²) < 4.78 is 0.986. The fourth-order valence-electron chi connectivity index (χ4n) is 0.567. The second-order valence-corrected chi connectivity index (χ2v) is 4.96. The van der Waals surface area contributed by atoms with Crippen LogP contribution in [0.2, 0.25) is 0 Å². The van der Waals surface area contributed by atoms with E-state index in [4.69, 9.17) is 11.6 Å². The summed E-state index contributed by atoms with van der Waals surface area (Å²) in [7, 11) is 3.91. The van der Waals surface area contributed by atoms with Crippen LogP contribution in [0.25, 0.3) is 0 Å². The molecule has 0 unspecified atom stereocenters. The zero-order chi connectivity index (χ0) is 8.97. The molecule has 1 aromatic heterocycles. The number of hydrogen-bond acceptors (Lipinski definition) is 5. The first-order valence-electron chi connectivity index (χ1n) is 3.43. The van der Waals surface area contributed by atoms with Crippen molar-refractivity contribution in [2.45, 2.75) is 4.34 Å². The highest BCUT2D eigenvalue weighted by Gasteiger charge is 2.04. The van der Waals surface area contributed by atoms with Crippen LogP contribution in [0.5, 0.6) is 0 Å². The molecule has 0 spiro atoms. The minimum absolute atomic E-state index is 0.654. The van der Waals surface area contributed by atoms with Gasteiger partial charge in [-0.3, -0.25) is 0 Å². The van der Waals surface area contributed by atoms with Crippen LogP contribution < -0.4 is 4.90 Å². The van der Waals surface area contributed by atoms with E-state index in [-0.39, 0.29) is 0 Å². The number of nitrogens with zero attached hydrogens (tertiary/aromatic N) is 3. The topological polar surface area (TPSA) is 29.0 Å². The monoisotopic (exact) mass is 223 g/mol. The minimum atomic E-state index is 0.654. The van der Waals surface area contributed by atoms with Crippen LogP contribution in [-0.2, 0) is 0 Å². The van der Waals surface area contributed by atoms with E-state index in [1.165, 1.54) is 0 Å². The number of thioether (sulfide) groups is 1. The third-order valence-corrected chi connectivity index (χ3v) is 3.72. The molecule has 0 atom stereocenters. The van der Waals surface area contributed by atoms with Gasteiger partial charge < -0.3 is 4.90 Å². The third-order valence-electron chi connectivity index (χ3n) is 1.08. The highest BCUT2D eigenvalue weighted by Crippen LogP contribution is 2.26. The van der Waals surface area contributed by atoms with Gasteiger partial charge in [0.05, 0.1) is 0 Å². The predicted molar refractivity (Wildman–Crippen MR) is 55.7 cm³/mol. The molecule has 0 saturated heterocycles. The highest BCUT2D eigenvalue weighted by molar-refractivity contribution is 8.01. The van der Waals surface area contributed by atoms with E-state index < -0.39 is 0 Å². The molecular weight excluding hydrogens is 214 g/mol. The summed E-state index contributed by atoms with van der Waals surface area (Å²) in [4.78, 5) is 1.95. The van der Waals surface area contributed by atoms with Gasteiger partial charge in [0.15, 0.2) is 4.34 Å². The van der Waals surface area contributed by atoms with Crippen molar-refractivity contribution in [2.75, 3.05) is 30.6 Å². The van der Waals surface area contributed by atoms with Crippen molar-refractivity contribution in [3.8, 4) is 0 Å². The lowest BCUT2D eigenvalue weighted by Gasteiger charge is -2.03. The van der Waals surface area contributed by atoms with Crippen LogP contribution >= 0.6 is 34.7 Å². The normalized spacial score (nSPS) is 10.2. The summed E-state index contributed by atoms with van der Waals surface area (Å²) in [6, 6.07) is 0. The SMILES string of the molecule is CN(C)c1nnc(SCCCl)s1. The van der Waals surface area contributed by atoms with E-state index in [0.717, 1.165) is 15.2 Å². The fourth-order valence-corrected chi connectivity index (χ4v) is 2.36. The second-order valence-electron chi connectivity index (χ2n) is 2.28. The van der Waals surface area contributed by atoms with E-state index in [0.29, 0.717) is 5.88 Å². The second kappa shape index (κ2) is 4.89. The molecule has 0 aliphatic rings. The van der Waals surface area contributed by atoms with Crippen LogP contribution in [0.3, 0.4) is 0 Å². The maximum atomic E-state index is 5.55. The van der Waals surface area contributed by atoms with Crippen LogP contribution in [0.1, 0.15) is 0 Å². The summed E-state index contributed by atoms with van der Waals surface area (Å²) in [6.07, 6.45) is 0. The molecule has 0 bridgehead atoms. The van der Waals surface area contributed by atoms with E-state index in [2.05, 4.69) is 10.2 Å². The number of rotatable bonds is 4. The van der Waals surface area contributed by atoms with Crippen molar-refractivity contribution < 1.29 is 0 Å². The molecule has 1 rings (SSSR count). The molecule has 3 nitrogen and oxygen atoms in total. The average Bonchev–Trinajstić information content (AvgIpc) is 2.48. The fraction of sp³-hybridized carbons (Fsp3) is 0.667. The molecule has 0 fully saturated rings. The van der Waals surface area contributed by atoms with E-state index >= 15 is 0 Å². The standard InChI is InChI=1S/C6H10ClN3S2/c1-10(2)5-8-9-6(12-5)11-4-3-7/h3-4H2,1-2H3. The maximum Gasteiger partial charge on any atom is 0.208 e. The summed E-state index contributed by atoms with van der Waals surface area (Å²) in [5, 5.41) is 8.94. The molecule has 0 aromatic carbocycles. The van der Waals surface area contributed by atoms with Gasteiger partial charge >= 0.3 is 0 Å². The first-order valence-corrected chi connectivity index (χ1v) is 5.77. The Morgan fingerprint density at radius 3 is 2.75 bits per heavy atom. The number of hydrogen-bond donors (Lipinski definition) is 0. The van der Waals surface area contributed by atoms with Crippen molar-refractivity contribution in [3.05, 3.63) is 0 Å². The molecule has 0 radical (unpaired) electrons. The summed E-state index contributed by atoms with van der Waals surface area (Å²) in [5.74, 6) is 1.55. The molecule has 0 aliphatic carbocycles. The molecule has 0 N–H and O–H groups in total. The molecule has 1 heterocycles. The van der Waals surface area contributed by atoms with E-state index in [9.17, 15) is 0 Å². The van der Waals surface area contributed by atoms with E-state index in [1.807, 2.05) is 19.0 Å². The van der Waals surface area contributed by atoms with Gasteiger partial charge in [0.25, 0.3) is 0 Å². The van der Waals surface area contributed by atoms with Gasteiger partial charge in [0, 0.05) is 25.7 Å². The van der Waals surface area contributed by atoms with Crippen molar-refractivity contribution in [3.63, 3.8) is 0 Å². The van der Waals surface area contributed by atoms with Crippen LogP contribution in [0, 0.1) is 0 Å². The number of anilines is 1. The zero-order valence-corrected chi connectivity index (χ0v) is 9.34. The van der Waals surface area contributed by atoms with Gasteiger partial charge in [0.1, 0.15) is 0 Å². The summed E-state index contributed by atoms with van der Waals surface area (Å²) in [5.41, 5.74) is 0. The quantitative estimate of drug-likeness (QED) is 0.576. The lowest BCUT2D eigenvalue weighted by Crippen LogP contribution is -2.07. The Morgan fingerprint density at radius 2 is 2.25 bits per heavy atom. The van der Waals surface area contributed by atoms with Gasteiger partial charge in [-0.15, -0.1) is 21.8 Å². The van der Waals surface area contributed by atoms with Crippen LogP contribution in [0.15, 0.2) is 4.34 Å². The van der Waals surface area contributed by atoms with Gasteiger partial charge in [-0.05, 0) is 0 Å². The van der Waals surface area contributed by atoms with Gasteiger partial charge in [-0.2, -0.15) is 0 Å². The highest BCUT2D eigenvalue weighted by atomic mass is 35.5.